The van der Waals surface area contributed by atoms with Gasteiger partial charge < -0.3 is 25.4 Å². The minimum Gasteiger partial charge on any atom is -0.505 e. The molecule has 0 radical (unpaired) electrons. The Morgan fingerprint density at radius 1 is 1.03 bits per heavy atom. The van der Waals surface area contributed by atoms with Gasteiger partial charge in [-0.1, -0.05) is 48.0 Å². The smallest absolute Gasteiger partial charge is 0.319 e. The van der Waals surface area contributed by atoms with E-state index < -0.39 is 23.6 Å². The predicted octanol–water partition coefficient (Wildman–Crippen LogP) is 4.57. The van der Waals surface area contributed by atoms with Crippen LogP contribution in [0.3, 0.4) is 0 Å². The normalized spacial score (nSPS) is 14.6. The summed E-state index contributed by atoms with van der Waals surface area (Å²) in [6.07, 6.45) is 4.63. The summed E-state index contributed by atoms with van der Waals surface area (Å²) in [6, 6.07) is 11.4. The Morgan fingerprint density at radius 3 is 2.57 bits per heavy atom. The molecular formula is C28H28ClN3O5. The molecule has 2 amide bonds. The first kappa shape index (κ1) is 24.9. The molecule has 2 aliphatic rings. The molecule has 1 atom stereocenters. The van der Waals surface area contributed by atoms with E-state index in [0.717, 1.165) is 42.5 Å². The van der Waals surface area contributed by atoms with Crippen molar-refractivity contribution in [2.75, 3.05) is 5.32 Å². The second-order valence-corrected chi connectivity index (χ2v) is 10.0. The molecular weight excluding hydrogens is 494 g/mol. The van der Waals surface area contributed by atoms with Crippen LogP contribution in [0.4, 0.5) is 10.5 Å². The minimum absolute atomic E-state index is 0.203. The number of hydrogen-bond donors (Lipinski definition) is 4. The molecule has 0 saturated heterocycles. The third-order valence-electron chi connectivity index (χ3n) is 7.23. The van der Waals surface area contributed by atoms with Crippen molar-refractivity contribution in [3.05, 3.63) is 91.4 Å². The third kappa shape index (κ3) is 5.06. The van der Waals surface area contributed by atoms with Crippen molar-refractivity contribution in [2.24, 2.45) is 0 Å². The Balaban J connectivity index is 1.44. The molecule has 2 aliphatic carbocycles. The van der Waals surface area contributed by atoms with Crippen LogP contribution in [0.5, 0.6) is 5.75 Å². The molecule has 192 valence electrons. The van der Waals surface area contributed by atoms with E-state index in [9.17, 15) is 24.6 Å². The van der Waals surface area contributed by atoms with E-state index in [1.54, 1.807) is 10.6 Å². The summed E-state index contributed by atoms with van der Waals surface area (Å²) in [5.74, 6) is -1.30. The number of carbonyl (C=O) groups is 2. The molecule has 0 spiro atoms. The topological polar surface area (TPSA) is 121 Å². The molecule has 0 saturated carbocycles. The zero-order valence-electron chi connectivity index (χ0n) is 20.2. The number of fused-ring (bicyclic) bond motifs is 2. The van der Waals surface area contributed by atoms with Gasteiger partial charge in [0, 0.05) is 16.3 Å². The van der Waals surface area contributed by atoms with Crippen molar-refractivity contribution in [3.8, 4) is 5.75 Å². The van der Waals surface area contributed by atoms with Crippen molar-refractivity contribution < 1.29 is 19.8 Å². The first-order valence-electron chi connectivity index (χ1n) is 12.4. The second kappa shape index (κ2) is 10.3. The molecule has 0 unspecified atom stereocenters. The van der Waals surface area contributed by atoms with Crippen molar-refractivity contribution in [1.82, 2.24) is 9.88 Å². The zero-order valence-corrected chi connectivity index (χ0v) is 21.0. The number of nitrogens with one attached hydrogen (secondary N) is 2. The van der Waals surface area contributed by atoms with Crippen LogP contribution in [0.1, 0.15) is 58.8 Å². The molecule has 1 aromatic heterocycles. The standard InChI is InChI=1S/C28H28ClN3O5/c29-21-9-2-1-5-19(21)15-32-23-10-4-8-20(23)26(35)25(27(32)36)31-28(37)30-22(14-24(33)34)18-12-11-16-6-3-7-17(16)13-18/h1-2,5,9,11-13,22,35H,3-4,6-8,10,14-15H2,(H,33,34)(H2,30,31,37)/t22-/m0/s1. The van der Waals surface area contributed by atoms with Crippen LogP contribution in [0.2, 0.25) is 5.02 Å². The summed E-state index contributed by atoms with van der Waals surface area (Å²) in [5, 5.41) is 26.1. The monoisotopic (exact) mass is 521 g/mol. The predicted molar refractivity (Wildman–Crippen MR) is 141 cm³/mol. The highest BCUT2D eigenvalue weighted by molar-refractivity contribution is 6.31. The number of carbonyl (C=O) groups excluding carboxylic acids is 1. The Morgan fingerprint density at radius 2 is 1.78 bits per heavy atom. The number of aliphatic carboxylic acids is 1. The van der Waals surface area contributed by atoms with E-state index >= 15 is 0 Å². The number of nitrogens with zero attached hydrogens (tertiary/aromatic N) is 1. The SMILES string of the molecule is O=C(O)C[C@H](NC(=O)Nc1c(O)c2c(n(Cc3ccccc3Cl)c1=O)CCC2)c1ccc2c(c1)CCC2. The number of pyridine rings is 1. The van der Waals surface area contributed by atoms with Gasteiger partial charge in [-0.25, -0.2) is 4.79 Å². The first-order valence-corrected chi connectivity index (χ1v) is 12.8. The lowest BCUT2D eigenvalue weighted by atomic mass is 9.99. The molecule has 2 aromatic carbocycles. The highest BCUT2D eigenvalue weighted by Crippen LogP contribution is 2.34. The lowest BCUT2D eigenvalue weighted by molar-refractivity contribution is -0.137. The Bertz CT molecular complexity index is 1450. The van der Waals surface area contributed by atoms with Crippen LogP contribution in [0.25, 0.3) is 0 Å². The van der Waals surface area contributed by atoms with Gasteiger partial charge in [-0.15, -0.1) is 0 Å². The van der Waals surface area contributed by atoms with Crippen molar-refractivity contribution in [1.29, 1.82) is 0 Å². The number of amides is 2. The summed E-state index contributed by atoms with van der Waals surface area (Å²) in [6.45, 7) is 0.203. The zero-order chi connectivity index (χ0) is 26.1. The average molecular weight is 522 g/mol. The lowest BCUT2D eigenvalue weighted by Crippen LogP contribution is -2.37. The van der Waals surface area contributed by atoms with Crippen LogP contribution < -0.4 is 16.2 Å². The van der Waals surface area contributed by atoms with E-state index in [1.807, 2.05) is 36.4 Å². The number of aromatic hydroxyl groups is 1. The molecule has 37 heavy (non-hydrogen) atoms. The number of aryl methyl sites for hydroxylation is 2. The quantitative estimate of drug-likeness (QED) is 0.363. The fraction of sp³-hybridized carbons (Fsp3) is 0.321. The Kier molecular flexibility index (Phi) is 6.93. The number of urea groups is 1. The molecule has 4 N–H and O–H groups in total. The van der Waals surface area contributed by atoms with Crippen LogP contribution in [0, 0.1) is 0 Å². The number of rotatable bonds is 7. The van der Waals surface area contributed by atoms with Crippen molar-refractivity contribution >= 4 is 29.3 Å². The fourth-order valence-corrected chi connectivity index (χ4v) is 5.61. The van der Waals surface area contributed by atoms with Gasteiger partial charge in [-0.2, -0.15) is 0 Å². The summed E-state index contributed by atoms with van der Waals surface area (Å²) >= 11 is 6.33. The van der Waals surface area contributed by atoms with Gasteiger partial charge in [0.05, 0.1) is 19.0 Å². The highest BCUT2D eigenvalue weighted by atomic mass is 35.5. The second-order valence-electron chi connectivity index (χ2n) is 9.62. The maximum atomic E-state index is 13.5. The molecule has 5 rings (SSSR count). The van der Waals surface area contributed by atoms with E-state index in [0.29, 0.717) is 29.0 Å². The van der Waals surface area contributed by atoms with Crippen molar-refractivity contribution in [2.45, 2.75) is 57.5 Å². The number of hydrogen-bond acceptors (Lipinski definition) is 4. The maximum absolute atomic E-state index is 13.5. The van der Waals surface area contributed by atoms with Gasteiger partial charge in [0.1, 0.15) is 5.75 Å². The van der Waals surface area contributed by atoms with Gasteiger partial charge in [0.25, 0.3) is 5.56 Å². The van der Waals surface area contributed by atoms with Crippen LogP contribution in [-0.4, -0.2) is 26.8 Å². The van der Waals surface area contributed by atoms with Gasteiger partial charge in [0.2, 0.25) is 0 Å². The third-order valence-corrected chi connectivity index (χ3v) is 7.60. The number of aromatic nitrogens is 1. The summed E-state index contributed by atoms with van der Waals surface area (Å²) in [4.78, 5) is 38.1. The summed E-state index contributed by atoms with van der Waals surface area (Å²) < 4.78 is 1.55. The molecule has 1 heterocycles. The largest absolute Gasteiger partial charge is 0.505 e. The Hall–Kier alpha value is -3.78. The van der Waals surface area contributed by atoms with Gasteiger partial charge in [-0.05, 0) is 66.8 Å². The molecule has 0 bridgehead atoms. The average Bonchev–Trinajstić information content (AvgIpc) is 3.54. The molecule has 8 nitrogen and oxygen atoms in total. The number of carboxylic acids is 1. The van der Waals surface area contributed by atoms with Crippen LogP contribution >= 0.6 is 11.6 Å². The number of anilines is 1. The summed E-state index contributed by atoms with van der Waals surface area (Å²) in [7, 11) is 0. The minimum atomic E-state index is -1.06. The van der Waals surface area contributed by atoms with Crippen LogP contribution in [0.15, 0.2) is 47.3 Å². The van der Waals surface area contributed by atoms with Gasteiger partial charge in [-0.3, -0.25) is 9.59 Å². The van der Waals surface area contributed by atoms with Crippen LogP contribution in [-0.2, 0) is 37.0 Å². The van der Waals surface area contributed by atoms with E-state index in [-0.39, 0.29) is 24.4 Å². The summed E-state index contributed by atoms with van der Waals surface area (Å²) in [5.41, 5.74) is 4.43. The first-order chi connectivity index (χ1) is 17.8. The fourth-order valence-electron chi connectivity index (χ4n) is 5.41. The lowest BCUT2D eigenvalue weighted by Gasteiger charge is -2.21. The van der Waals surface area contributed by atoms with E-state index in [1.165, 1.54) is 5.56 Å². The van der Waals surface area contributed by atoms with E-state index in [2.05, 4.69) is 10.6 Å². The Labute approximate surface area is 218 Å². The maximum Gasteiger partial charge on any atom is 0.319 e. The molecule has 0 aliphatic heterocycles. The van der Waals surface area contributed by atoms with Gasteiger partial charge in [0.15, 0.2) is 5.69 Å². The molecule has 0 fully saturated rings. The molecule has 9 heteroatoms. The highest BCUT2D eigenvalue weighted by Gasteiger charge is 2.27. The van der Waals surface area contributed by atoms with Crippen molar-refractivity contribution in [3.63, 3.8) is 0 Å². The van der Waals surface area contributed by atoms with E-state index in [4.69, 9.17) is 11.6 Å². The number of carboxylic acid groups (broad SMARTS) is 1. The van der Waals surface area contributed by atoms with Gasteiger partial charge >= 0.3 is 12.0 Å². The number of benzene rings is 2. The number of halogens is 1. The molecule has 3 aromatic rings.